The number of aromatic nitrogens is 3. The third kappa shape index (κ3) is 3.92. The van der Waals surface area contributed by atoms with Gasteiger partial charge in [0.15, 0.2) is 5.78 Å². The lowest BCUT2D eigenvalue weighted by Crippen LogP contribution is -2.10. The van der Waals surface area contributed by atoms with Gasteiger partial charge < -0.3 is 4.74 Å². The number of nitrogens with zero attached hydrogens (tertiary/aromatic N) is 3. The maximum absolute atomic E-state index is 14.4. The number of benzene rings is 2. The molecule has 0 saturated carbocycles. The molecular formula is C21H21ClFN3O2. The second kappa shape index (κ2) is 8.10. The van der Waals surface area contributed by atoms with Gasteiger partial charge in [-0.15, -0.1) is 5.10 Å². The van der Waals surface area contributed by atoms with Crippen molar-refractivity contribution >= 4 is 17.4 Å². The predicted molar refractivity (Wildman–Crippen MR) is 106 cm³/mol. The number of carbonyl (C=O) groups is 1. The van der Waals surface area contributed by atoms with E-state index in [1.807, 2.05) is 20.8 Å². The molecule has 1 aromatic heterocycles. The highest BCUT2D eigenvalue weighted by atomic mass is 35.5. The first-order valence-electron chi connectivity index (χ1n) is 8.92. The first-order chi connectivity index (χ1) is 13.3. The van der Waals surface area contributed by atoms with Gasteiger partial charge in [0.1, 0.15) is 29.6 Å². The zero-order chi connectivity index (χ0) is 20.4. The molecule has 0 unspecified atom stereocenters. The van der Waals surface area contributed by atoms with Crippen molar-refractivity contribution in [2.24, 2.45) is 0 Å². The number of carbonyl (C=O) groups excluding carboxylic acids is 1. The molecule has 0 atom stereocenters. The van der Waals surface area contributed by atoms with E-state index in [1.165, 1.54) is 23.7 Å². The predicted octanol–water partition coefficient (Wildman–Crippen LogP) is 5.27. The Morgan fingerprint density at radius 3 is 2.64 bits per heavy atom. The number of halogens is 2. The van der Waals surface area contributed by atoms with Crippen LogP contribution in [0.5, 0.6) is 5.75 Å². The topological polar surface area (TPSA) is 57.0 Å². The van der Waals surface area contributed by atoms with E-state index in [-0.39, 0.29) is 29.0 Å². The maximum atomic E-state index is 14.4. The molecule has 1 heterocycles. The second-order valence-corrected chi connectivity index (χ2v) is 7.29. The fourth-order valence-corrected chi connectivity index (χ4v) is 3.28. The number of hydrogen-bond acceptors (Lipinski definition) is 4. The van der Waals surface area contributed by atoms with Crippen molar-refractivity contribution in [3.05, 3.63) is 69.8 Å². The highest BCUT2D eigenvalue weighted by Gasteiger charge is 2.21. The van der Waals surface area contributed by atoms with Crippen molar-refractivity contribution in [3.63, 3.8) is 0 Å². The van der Waals surface area contributed by atoms with Gasteiger partial charge in [-0.05, 0) is 55.7 Å². The molecule has 0 spiro atoms. The van der Waals surface area contributed by atoms with Gasteiger partial charge in [-0.2, -0.15) is 0 Å². The average Bonchev–Trinajstić information content (AvgIpc) is 3.03. The zero-order valence-corrected chi connectivity index (χ0v) is 16.9. The molecule has 28 heavy (non-hydrogen) atoms. The van der Waals surface area contributed by atoms with Crippen LogP contribution in [0, 0.1) is 12.7 Å². The van der Waals surface area contributed by atoms with Crippen molar-refractivity contribution < 1.29 is 13.9 Å². The van der Waals surface area contributed by atoms with Crippen LogP contribution < -0.4 is 4.74 Å². The minimum absolute atomic E-state index is 0.00242. The highest BCUT2D eigenvalue weighted by molar-refractivity contribution is 6.32. The smallest absolute Gasteiger partial charge is 0.160 e. The minimum Gasteiger partial charge on any atom is -0.487 e. The van der Waals surface area contributed by atoms with Gasteiger partial charge in [-0.25, -0.2) is 9.07 Å². The van der Waals surface area contributed by atoms with Crippen LogP contribution in [-0.2, 0) is 6.61 Å². The first kappa shape index (κ1) is 20.0. The standard InChI is InChI=1S/C21H21ClFN3O2/c1-12(2)20-19(11-28-15-8-9-16(14(4)27)13(3)10-15)26(25-24-20)21-17(22)6-5-7-18(21)23/h5-10,12H,11H2,1-4H3. The van der Waals surface area contributed by atoms with Crippen LogP contribution in [0.15, 0.2) is 36.4 Å². The number of aryl methyl sites for hydroxylation is 1. The molecule has 0 fully saturated rings. The average molecular weight is 402 g/mol. The van der Waals surface area contributed by atoms with Crippen LogP contribution in [0.2, 0.25) is 5.02 Å². The number of ketones is 1. The summed E-state index contributed by atoms with van der Waals surface area (Å²) in [6, 6.07) is 9.74. The minimum atomic E-state index is -0.490. The van der Waals surface area contributed by atoms with Crippen molar-refractivity contribution in [2.45, 2.75) is 40.2 Å². The molecule has 0 aliphatic rings. The molecule has 2 aromatic carbocycles. The molecule has 0 aliphatic carbocycles. The lowest BCUT2D eigenvalue weighted by atomic mass is 10.1. The Hall–Kier alpha value is -2.73. The van der Waals surface area contributed by atoms with Crippen molar-refractivity contribution in [3.8, 4) is 11.4 Å². The molecule has 0 radical (unpaired) electrons. The molecule has 7 heteroatoms. The second-order valence-electron chi connectivity index (χ2n) is 6.88. The highest BCUT2D eigenvalue weighted by Crippen LogP contribution is 2.28. The number of para-hydroxylation sites is 1. The van der Waals surface area contributed by atoms with E-state index in [9.17, 15) is 9.18 Å². The van der Waals surface area contributed by atoms with Gasteiger partial charge in [0.2, 0.25) is 0 Å². The lowest BCUT2D eigenvalue weighted by Gasteiger charge is -2.13. The summed E-state index contributed by atoms with van der Waals surface area (Å²) in [6.45, 7) is 7.47. The van der Waals surface area contributed by atoms with Gasteiger partial charge in [0.05, 0.1) is 10.7 Å². The normalized spacial score (nSPS) is 11.1. The van der Waals surface area contributed by atoms with E-state index in [0.717, 1.165) is 5.56 Å². The third-order valence-corrected chi connectivity index (χ3v) is 4.75. The van der Waals surface area contributed by atoms with Crippen molar-refractivity contribution in [1.82, 2.24) is 15.0 Å². The summed E-state index contributed by atoms with van der Waals surface area (Å²) in [5.74, 6) is 0.183. The molecule has 0 saturated heterocycles. The Balaban J connectivity index is 1.97. The monoisotopic (exact) mass is 401 g/mol. The van der Waals surface area contributed by atoms with E-state index in [4.69, 9.17) is 16.3 Å². The molecule has 3 rings (SSSR count). The Morgan fingerprint density at radius 2 is 2.04 bits per heavy atom. The summed E-state index contributed by atoms with van der Waals surface area (Å²) in [5, 5.41) is 8.56. The fraction of sp³-hybridized carbons (Fsp3) is 0.286. The van der Waals surface area contributed by atoms with Crippen LogP contribution >= 0.6 is 11.6 Å². The summed E-state index contributed by atoms with van der Waals surface area (Å²) >= 11 is 6.21. The zero-order valence-electron chi connectivity index (χ0n) is 16.2. The van der Waals surface area contributed by atoms with Crippen molar-refractivity contribution in [1.29, 1.82) is 0 Å². The summed E-state index contributed by atoms with van der Waals surface area (Å²) in [6.07, 6.45) is 0. The number of ether oxygens (including phenoxy) is 1. The number of hydrogen-bond donors (Lipinski definition) is 0. The molecule has 0 amide bonds. The van der Waals surface area contributed by atoms with E-state index in [0.29, 0.717) is 22.7 Å². The van der Waals surface area contributed by atoms with Crippen LogP contribution in [0.1, 0.15) is 54.0 Å². The fourth-order valence-electron chi connectivity index (χ4n) is 3.04. The van der Waals surface area contributed by atoms with Crippen LogP contribution in [0.25, 0.3) is 5.69 Å². The molecule has 3 aromatic rings. The maximum Gasteiger partial charge on any atom is 0.160 e. The number of Topliss-reactive ketones (excluding diaryl/α,β-unsaturated/α-hetero) is 1. The molecule has 146 valence electrons. The van der Waals surface area contributed by atoms with Crippen molar-refractivity contribution in [2.75, 3.05) is 0 Å². The van der Waals surface area contributed by atoms with Gasteiger partial charge >= 0.3 is 0 Å². The quantitative estimate of drug-likeness (QED) is 0.528. The van der Waals surface area contributed by atoms with Crippen LogP contribution in [0.4, 0.5) is 4.39 Å². The van der Waals surface area contributed by atoms with Crippen LogP contribution in [0.3, 0.4) is 0 Å². The molecular weight excluding hydrogens is 381 g/mol. The summed E-state index contributed by atoms with van der Waals surface area (Å²) in [4.78, 5) is 11.6. The van der Waals surface area contributed by atoms with Gasteiger partial charge in [0, 0.05) is 5.56 Å². The summed E-state index contributed by atoms with van der Waals surface area (Å²) in [5.41, 5.74) is 2.95. The SMILES string of the molecule is CC(=O)c1ccc(OCc2c(C(C)C)nnn2-c2c(F)cccc2Cl)cc1C. The molecule has 0 aliphatic heterocycles. The largest absolute Gasteiger partial charge is 0.487 e. The van der Waals surface area contributed by atoms with E-state index in [1.54, 1.807) is 24.3 Å². The Morgan fingerprint density at radius 1 is 1.29 bits per heavy atom. The van der Waals surface area contributed by atoms with Gasteiger partial charge in [-0.3, -0.25) is 4.79 Å². The molecule has 5 nitrogen and oxygen atoms in total. The Bertz CT molecular complexity index is 1010. The lowest BCUT2D eigenvalue weighted by molar-refractivity contribution is 0.101. The molecule has 0 N–H and O–H groups in total. The summed E-state index contributed by atoms with van der Waals surface area (Å²) < 4.78 is 21.7. The Kier molecular flexibility index (Phi) is 5.79. The van der Waals surface area contributed by atoms with E-state index >= 15 is 0 Å². The van der Waals surface area contributed by atoms with E-state index < -0.39 is 5.82 Å². The number of rotatable bonds is 6. The summed E-state index contributed by atoms with van der Waals surface area (Å²) in [7, 11) is 0. The van der Waals surface area contributed by atoms with E-state index in [2.05, 4.69) is 10.3 Å². The first-order valence-corrected chi connectivity index (χ1v) is 9.30. The van der Waals surface area contributed by atoms with Gasteiger partial charge in [-0.1, -0.05) is 36.7 Å². The Labute approximate surface area is 168 Å². The third-order valence-electron chi connectivity index (χ3n) is 4.44. The molecule has 0 bridgehead atoms. The van der Waals surface area contributed by atoms with Crippen LogP contribution in [-0.4, -0.2) is 20.8 Å². The van der Waals surface area contributed by atoms with Gasteiger partial charge in [0.25, 0.3) is 0 Å².